The molecule has 2 aromatic carbocycles. The fourth-order valence-electron chi connectivity index (χ4n) is 4.23. The number of amides is 2. The van der Waals surface area contributed by atoms with Crippen LogP contribution in [0.1, 0.15) is 43.7 Å². The van der Waals surface area contributed by atoms with Crippen LogP contribution >= 0.6 is 0 Å². The zero-order valence-corrected chi connectivity index (χ0v) is 25.8. The number of carbonyl (C=O) groups is 4. The number of halogens is 3. The number of nitrogens with two attached hydrogens (primary N) is 1. The van der Waals surface area contributed by atoms with Crippen LogP contribution in [0.3, 0.4) is 0 Å². The van der Waals surface area contributed by atoms with E-state index in [0.29, 0.717) is 37.3 Å². The number of hydrogen-bond donors (Lipinski definition) is 8. The number of rotatable bonds is 16. The van der Waals surface area contributed by atoms with Gasteiger partial charge in [-0.2, -0.15) is 13.2 Å². The van der Waals surface area contributed by atoms with Gasteiger partial charge in [0.1, 0.15) is 11.9 Å². The summed E-state index contributed by atoms with van der Waals surface area (Å²) in [5, 5.41) is 35.4. The summed E-state index contributed by atoms with van der Waals surface area (Å²) >= 11 is 0. The van der Waals surface area contributed by atoms with Gasteiger partial charge in [0.05, 0.1) is 12.5 Å². The predicted molar refractivity (Wildman–Crippen MR) is 172 cm³/mol. The summed E-state index contributed by atoms with van der Waals surface area (Å²) in [7, 11) is 0. The van der Waals surface area contributed by atoms with E-state index < -0.39 is 36.1 Å². The second kappa shape index (κ2) is 19.8. The maximum atomic E-state index is 13.3. The third-order valence-electron chi connectivity index (χ3n) is 6.55. The molecule has 0 bridgehead atoms. The minimum absolute atomic E-state index is 0.184. The average molecular weight is 674 g/mol. The number of alkyl halides is 3. The third-order valence-corrected chi connectivity index (χ3v) is 6.55. The van der Waals surface area contributed by atoms with Gasteiger partial charge in [-0.1, -0.05) is 60.7 Å². The molecule has 1 heterocycles. The first-order chi connectivity index (χ1) is 22.8. The molecule has 1 unspecified atom stereocenters. The van der Waals surface area contributed by atoms with Gasteiger partial charge in [0, 0.05) is 25.7 Å². The van der Waals surface area contributed by atoms with Crippen molar-refractivity contribution >= 4 is 35.5 Å². The highest BCUT2D eigenvalue weighted by atomic mass is 19.4. The lowest BCUT2D eigenvalue weighted by Gasteiger charge is -2.23. The van der Waals surface area contributed by atoms with Crippen molar-refractivity contribution in [2.45, 2.75) is 50.4 Å². The highest BCUT2D eigenvalue weighted by Crippen LogP contribution is 2.24. The molecule has 13 nitrogen and oxygen atoms in total. The summed E-state index contributed by atoms with van der Waals surface area (Å²) < 4.78 is 31.7. The fourth-order valence-corrected chi connectivity index (χ4v) is 4.23. The van der Waals surface area contributed by atoms with E-state index in [1.165, 1.54) is 0 Å². The Morgan fingerprint density at radius 3 is 2.04 bits per heavy atom. The van der Waals surface area contributed by atoms with Gasteiger partial charge < -0.3 is 37.2 Å². The SMILES string of the molecule is N=C(N)NCCC[C@@H](NC(=O)CCCNc1ccccn1)C(=O)NC(CC(=O)O)c1ccc(-c2ccccc2)cc1.O=C(O)C(F)(F)F. The monoisotopic (exact) mass is 673 g/mol. The largest absolute Gasteiger partial charge is 0.490 e. The smallest absolute Gasteiger partial charge is 0.481 e. The Morgan fingerprint density at radius 1 is 0.854 bits per heavy atom. The number of nitrogens with one attached hydrogen (secondary N) is 5. The lowest BCUT2D eigenvalue weighted by molar-refractivity contribution is -0.192. The second-order valence-corrected chi connectivity index (χ2v) is 10.3. The van der Waals surface area contributed by atoms with Crippen LogP contribution in [0, 0.1) is 5.41 Å². The number of carboxylic acids is 2. The molecule has 0 aliphatic heterocycles. The van der Waals surface area contributed by atoms with E-state index in [-0.39, 0.29) is 31.1 Å². The van der Waals surface area contributed by atoms with Crippen LogP contribution in [0.4, 0.5) is 19.0 Å². The molecule has 2 atom stereocenters. The molecule has 0 aliphatic rings. The summed E-state index contributed by atoms with van der Waals surface area (Å²) in [4.78, 5) is 50.8. The van der Waals surface area contributed by atoms with Crippen LogP contribution in [-0.2, 0) is 19.2 Å². The number of benzene rings is 2. The van der Waals surface area contributed by atoms with Crippen molar-refractivity contribution in [2.24, 2.45) is 5.73 Å². The number of pyridine rings is 1. The minimum Gasteiger partial charge on any atom is -0.481 e. The molecule has 2 amide bonds. The molecule has 9 N–H and O–H groups in total. The van der Waals surface area contributed by atoms with Gasteiger partial charge in [-0.3, -0.25) is 19.8 Å². The van der Waals surface area contributed by atoms with Crippen molar-refractivity contribution in [3.05, 3.63) is 84.6 Å². The lowest BCUT2D eigenvalue weighted by Crippen LogP contribution is -2.48. The molecule has 1 aromatic heterocycles. The van der Waals surface area contributed by atoms with Gasteiger partial charge in [-0.15, -0.1) is 0 Å². The highest BCUT2D eigenvalue weighted by molar-refractivity contribution is 5.88. The van der Waals surface area contributed by atoms with Gasteiger partial charge >= 0.3 is 18.1 Å². The molecule has 0 spiro atoms. The maximum Gasteiger partial charge on any atom is 0.490 e. The van der Waals surface area contributed by atoms with Gasteiger partial charge in [-0.05, 0) is 48.1 Å². The number of carboxylic acid groups (broad SMARTS) is 2. The summed E-state index contributed by atoms with van der Waals surface area (Å²) in [6, 6.07) is 21.0. The standard InChI is InChI=1S/C30H37N7O4.C2HF3O2/c31-30(32)35-19-6-10-24(36-27(38)12-7-18-34-26-11-4-5-17-33-26)29(41)37-25(20-28(39)40)23-15-13-22(14-16-23)21-8-2-1-3-9-21;3-2(4,5)1(6)7/h1-5,8-9,11,13-17,24-25H,6-7,10,12,18-20H2,(H,33,34)(H,36,38)(H,37,41)(H,39,40)(H4,31,32,35);(H,6,7)/t24-,25?;/m1./s1. The Hall–Kier alpha value is -5.67. The first-order valence-electron chi connectivity index (χ1n) is 14.8. The fraction of sp³-hybridized carbons (Fsp3) is 0.312. The maximum absolute atomic E-state index is 13.3. The molecule has 16 heteroatoms. The van der Waals surface area contributed by atoms with Gasteiger partial charge in [0.2, 0.25) is 11.8 Å². The van der Waals surface area contributed by atoms with E-state index in [1.54, 1.807) is 18.3 Å². The highest BCUT2D eigenvalue weighted by Gasteiger charge is 2.38. The molecule has 0 aliphatic carbocycles. The summed E-state index contributed by atoms with van der Waals surface area (Å²) in [6.07, 6.45) is -2.28. The number of aromatic nitrogens is 1. The third kappa shape index (κ3) is 15.1. The van der Waals surface area contributed by atoms with Gasteiger partial charge in [-0.25, -0.2) is 9.78 Å². The normalized spacial score (nSPS) is 11.9. The first-order valence-corrected chi connectivity index (χ1v) is 14.8. The average Bonchev–Trinajstić information content (AvgIpc) is 3.04. The van der Waals surface area contributed by atoms with E-state index in [4.69, 9.17) is 21.0 Å². The molecular formula is C32H38F3N7O6. The number of guanidine groups is 1. The quantitative estimate of drug-likeness (QED) is 0.0627. The molecule has 3 rings (SSSR count). The summed E-state index contributed by atoms with van der Waals surface area (Å²) in [5.41, 5.74) is 7.98. The Kier molecular flexibility index (Phi) is 15.9. The summed E-state index contributed by atoms with van der Waals surface area (Å²) in [6.45, 7) is 0.881. The zero-order valence-electron chi connectivity index (χ0n) is 25.8. The predicted octanol–water partition coefficient (Wildman–Crippen LogP) is 3.65. The number of nitrogens with zero attached hydrogens (tertiary/aromatic N) is 1. The molecule has 0 fully saturated rings. The van der Waals surface area contributed by atoms with Gasteiger partial charge in [0.15, 0.2) is 5.96 Å². The van der Waals surface area contributed by atoms with Crippen LogP contribution in [0.15, 0.2) is 79.0 Å². The topological polar surface area (TPSA) is 220 Å². The Bertz CT molecular complexity index is 1480. The van der Waals surface area contributed by atoms with Crippen molar-refractivity contribution in [2.75, 3.05) is 18.4 Å². The first kappa shape index (κ1) is 38.5. The van der Waals surface area contributed by atoms with E-state index in [1.807, 2.05) is 60.7 Å². The molecule has 0 radical (unpaired) electrons. The minimum atomic E-state index is -5.08. The molecular weight excluding hydrogens is 635 g/mol. The Morgan fingerprint density at radius 2 is 1.48 bits per heavy atom. The lowest BCUT2D eigenvalue weighted by atomic mass is 9.98. The number of hydrogen-bond acceptors (Lipinski definition) is 7. The number of anilines is 1. The number of aliphatic carboxylic acids is 2. The van der Waals surface area contributed by atoms with Crippen LogP contribution in [0.25, 0.3) is 11.1 Å². The molecule has 0 saturated heterocycles. The number of carbonyl (C=O) groups excluding carboxylic acids is 2. The van der Waals surface area contributed by atoms with Crippen LogP contribution < -0.4 is 27.0 Å². The van der Waals surface area contributed by atoms with E-state index in [0.717, 1.165) is 11.1 Å². The van der Waals surface area contributed by atoms with E-state index >= 15 is 0 Å². The zero-order chi connectivity index (χ0) is 35.5. The Labute approximate surface area is 274 Å². The molecule has 0 saturated carbocycles. The molecule has 48 heavy (non-hydrogen) atoms. The molecule has 3 aromatic rings. The van der Waals surface area contributed by atoms with Crippen LogP contribution in [-0.4, -0.2) is 70.2 Å². The van der Waals surface area contributed by atoms with Crippen molar-refractivity contribution in [1.29, 1.82) is 5.41 Å². The van der Waals surface area contributed by atoms with Crippen molar-refractivity contribution in [3.8, 4) is 11.1 Å². The Balaban J connectivity index is 0.00000103. The van der Waals surface area contributed by atoms with Crippen molar-refractivity contribution in [1.82, 2.24) is 20.9 Å². The van der Waals surface area contributed by atoms with Gasteiger partial charge in [0.25, 0.3) is 0 Å². The van der Waals surface area contributed by atoms with E-state index in [9.17, 15) is 32.7 Å². The van der Waals surface area contributed by atoms with Crippen molar-refractivity contribution in [3.63, 3.8) is 0 Å². The second-order valence-electron chi connectivity index (χ2n) is 10.3. The molecule has 258 valence electrons. The summed E-state index contributed by atoms with van der Waals surface area (Å²) in [5.74, 6) is -4.07. The van der Waals surface area contributed by atoms with Crippen LogP contribution in [0.2, 0.25) is 0 Å². The van der Waals surface area contributed by atoms with E-state index in [2.05, 4.69) is 26.3 Å². The van der Waals surface area contributed by atoms with Crippen molar-refractivity contribution < 1.29 is 42.6 Å². The van der Waals surface area contributed by atoms with Crippen LogP contribution in [0.5, 0.6) is 0 Å².